The molecule has 8 nitrogen and oxygen atoms in total. The van der Waals surface area contributed by atoms with Crippen LogP contribution in [0.1, 0.15) is 26.7 Å². The predicted molar refractivity (Wildman–Crippen MR) is 115 cm³/mol. The zero-order valence-electron chi connectivity index (χ0n) is 17.7. The lowest BCUT2D eigenvalue weighted by molar-refractivity contribution is 0.0705. The first-order chi connectivity index (χ1) is 14.5. The molecule has 0 aromatic carbocycles. The zero-order chi connectivity index (χ0) is 20.8. The van der Waals surface area contributed by atoms with Crippen molar-refractivity contribution in [3.63, 3.8) is 0 Å². The maximum atomic E-state index is 12.6. The quantitative estimate of drug-likeness (QED) is 0.716. The summed E-state index contributed by atoms with van der Waals surface area (Å²) >= 11 is 0. The summed E-state index contributed by atoms with van der Waals surface area (Å²) in [5.41, 5.74) is 4.09. The van der Waals surface area contributed by atoms with Crippen molar-refractivity contribution in [3.05, 3.63) is 30.7 Å². The molecular weight excluding hydrogens is 380 g/mol. The van der Waals surface area contributed by atoms with E-state index in [0.717, 1.165) is 48.2 Å². The lowest BCUT2D eigenvalue weighted by Gasteiger charge is -2.41. The number of amides is 1. The number of hydrogen-bond donors (Lipinski definition) is 1. The molecule has 0 aliphatic carbocycles. The fourth-order valence-electron chi connectivity index (χ4n) is 4.71. The van der Waals surface area contributed by atoms with Crippen LogP contribution in [0.25, 0.3) is 22.3 Å². The summed E-state index contributed by atoms with van der Waals surface area (Å²) in [5.74, 6) is 0.348. The van der Waals surface area contributed by atoms with E-state index in [1.807, 2.05) is 30.5 Å². The van der Waals surface area contributed by atoms with Gasteiger partial charge in [-0.25, -0.2) is 9.78 Å². The van der Waals surface area contributed by atoms with Crippen molar-refractivity contribution >= 4 is 22.8 Å². The van der Waals surface area contributed by atoms with Gasteiger partial charge in [-0.15, -0.1) is 0 Å². The van der Waals surface area contributed by atoms with Crippen LogP contribution in [0.5, 0.6) is 0 Å². The number of ether oxygens (including phenoxy) is 1. The first-order valence-electron chi connectivity index (χ1n) is 10.7. The van der Waals surface area contributed by atoms with E-state index in [0.29, 0.717) is 12.5 Å². The van der Waals surface area contributed by atoms with Crippen molar-refractivity contribution in [2.45, 2.75) is 38.8 Å². The molecule has 2 saturated heterocycles. The molecule has 30 heavy (non-hydrogen) atoms. The molecule has 1 amide bonds. The normalized spacial score (nSPS) is 21.1. The van der Waals surface area contributed by atoms with Gasteiger partial charge >= 0.3 is 6.09 Å². The summed E-state index contributed by atoms with van der Waals surface area (Å²) in [7, 11) is 1.91. The van der Waals surface area contributed by atoms with E-state index in [9.17, 15) is 4.79 Å². The number of carbonyl (C=O) groups is 1. The summed E-state index contributed by atoms with van der Waals surface area (Å²) in [6.07, 6.45) is 7.60. The number of nitrogens with zero attached hydrogens (tertiary/aromatic N) is 5. The van der Waals surface area contributed by atoms with Crippen molar-refractivity contribution in [3.8, 4) is 11.3 Å². The van der Waals surface area contributed by atoms with Crippen LogP contribution in [0.3, 0.4) is 0 Å². The monoisotopic (exact) mass is 408 g/mol. The number of piperazine rings is 1. The molecular formula is C22H28N6O2. The van der Waals surface area contributed by atoms with E-state index >= 15 is 0 Å². The molecule has 0 saturated carbocycles. The van der Waals surface area contributed by atoms with Crippen LogP contribution < -0.4 is 4.90 Å². The molecule has 5 rings (SSSR count). The Balaban J connectivity index is 1.39. The van der Waals surface area contributed by atoms with Gasteiger partial charge in [0, 0.05) is 49.2 Å². The summed E-state index contributed by atoms with van der Waals surface area (Å²) in [6, 6.07) is 4.63. The number of hydrogen-bond acceptors (Lipinski definition) is 5. The zero-order valence-corrected chi connectivity index (χ0v) is 17.7. The minimum atomic E-state index is -0.156. The standard InChI is InChI=1S/C22H28N6O2/c1-14(2)13-30-22(29)28-16-4-5-17(28)12-27(11-16)20-6-7-23-21-18(20)8-19(25-21)15-9-24-26(3)10-15/h6-10,14,16-17H,4-5,11-13H2,1-3H3,(H,23,25). The number of anilines is 1. The molecule has 2 aliphatic rings. The predicted octanol–water partition coefficient (Wildman–Crippen LogP) is 3.41. The lowest BCUT2D eigenvalue weighted by Crippen LogP contribution is -2.56. The maximum absolute atomic E-state index is 12.6. The van der Waals surface area contributed by atoms with Gasteiger partial charge < -0.3 is 14.6 Å². The second-order valence-corrected chi connectivity index (χ2v) is 8.85. The van der Waals surface area contributed by atoms with Gasteiger partial charge in [-0.05, 0) is 30.9 Å². The third-order valence-corrected chi connectivity index (χ3v) is 6.10. The first kappa shape index (κ1) is 19.0. The molecule has 3 aromatic rings. The molecule has 2 atom stereocenters. The minimum Gasteiger partial charge on any atom is -0.449 e. The van der Waals surface area contributed by atoms with Crippen LogP contribution in [0.15, 0.2) is 30.7 Å². The van der Waals surface area contributed by atoms with Gasteiger partial charge in [-0.3, -0.25) is 9.58 Å². The summed E-state index contributed by atoms with van der Waals surface area (Å²) in [5, 5.41) is 5.37. The van der Waals surface area contributed by atoms with Crippen molar-refractivity contribution in [1.82, 2.24) is 24.6 Å². The number of H-pyrrole nitrogens is 1. The Morgan fingerprint density at radius 3 is 2.73 bits per heavy atom. The molecule has 2 fully saturated rings. The number of rotatable bonds is 4. The van der Waals surface area contributed by atoms with Crippen LogP contribution in [0.4, 0.5) is 10.5 Å². The SMILES string of the molecule is CC(C)COC(=O)N1C2CCC1CN(c1ccnc3[nH]c(-c4cnn(C)c4)cc13)C2. The molecule has 2 aliphatic heterocycles. The fourth-order valence-corrected chi connectivity index (χ4v) is 4.71. The number of aromatic nitrogens is 4. The van der Waals surface area contributed by atoms with Gasteiger partial charge in [-0.1, -0.05) is 13.8 Å². The van der Waals surface area contributed by atoms with E-state index in [2.05, 4.69) is 45.9 Å². The largest absolute Gasteiger partial charge is 0.449 e. The van der Waals surface area contributed by atoms with Crippen molar-refractivity contribution < 1.29 is 9.53 Å². The number of pyridine rings is 1. The fraction of sp³-hybridized carbons (Fsp3) is 0.500. The third kappa shape index (κ3) is 3.30. The van der Waals surface area contributed by atoms with Gasteiger partial charge in [0.25, 0.3) is 0 Å². The molecule has 5 heterocycles. The number of nitrogens with one attached hydrogen (secondary N) is 1. The number of fused-ring (bicyclic) bond motifs is 3. The highest BCUT2D eigenvalue weighted by atomic mass is 16.6. The highest BCUT2D eigenvalue weighted by molar-refractivity contribution is 5.94. The van der Waals surface area contributed by atoms with E-state index in [4.69, 9.17) is 4.74 Å². The average Bonchev–Trinajstić information content (AvgIpc) is 3.41. The van der Waals surface area contributed by atoms with Gasteiger partial charge in [-0.2, -0.15) is 5.10 Å². The first-order valence-corrected chi connectivity index (χ1v) is 10.7. The van der Waals surface area contributed by atoms with Crippen molar-refractivity contribution in [1.29, 1.82) is 0 Å². The van der Waals surface area contributed by atoms with Crippen LogP contribution in [0.2, 0.25) is 0 Å². The van der Waals surface area contributed by atoms with Crippen LogP contribution in [-0.4, -0.2) is 62.5 Å². The molecule has 158 valence electrons. The van der Waals surface area contributed by atoms with Crippen molar-refractivity contribution in [2.75, 3.05) is 24.6 Å². The Hall–Kier alpha value is -3.03. The van der Waals surface area contributed by atoms with E-state index < -0.39 is 0 Å². The smallest absolute Gasteiger partial charge is 0.410 e. The second kappa shape index (κ2) is 7.34. The van der Waals surface area contributed by atoms with Gasteiger partial charge in [0.1, 0.15) is 5.65 Å². The minimum absolute atomic E-state index is 0.156. The highest BCUT2D eigenvalue weighted by Gasteiger charge is 2.43. The lowest BCUT2D eigenvalue weighted by atomic mass is 10.1. The van der Waals surface area contributed by atoms with Gasteiger partial charge in [0.15, 0.2) is 0 Å². The van der Waals surface area contributed by atoms with Crippen LogP contribution in [-0.2, 0) is 11.8 Å². The molecule has 2 bridgehead atoms. The van der Waals surface area contributed by atoms with Crippen LogP contribution >= 0.6 is 0 Å². The summed E-state index contributed by atoms with van der Waals surface area (Å²) in [4.78, 5) is 25.0. The van der Waals surface area contributed by atoms with Gasteiger partial charge in [0.05, 0.1) is 30.6 Å². The van der Waals surface area contributed by atoms with Gasteiger partial charge in [0.2, 0.25) is 0 Å². The Labute approximate surface area is 175 Å². The number of aryl methyl sites for hydroxylation is 1. The Morgan fingerprint density at radius 2 is 2.07 bits per heavy atom. The average molecular weight is 409 g/mol. The molecule has 3 aromatic heterocycles. The van der Waals surface area contributed by atoms with E-state index in [-0.39, 0.29) is 18.2 Å². The third-order valence-electron chi connectivity index (χ3n) is 6.10. The molecule has 0 radical (unpaired) electrons. The summed E-state index contributed by atoms with van der Waals surface area (Å²) < 4.78 is 7.33. The number of aromatic amines is 1. The van der Waals surface area contributed by atoms with Crippen LogP contribution in [0, 0.1) is 5.92 Å². The molecule has 2 unspecified atom stereocenters. The molecule has 0 spiro atoms. The molecule has 1 N–H and O–H groups in total. The molecule has 8 heteroatoms. The van der Waals surface area contributed by atoms with Crippen molar-refractivity contribution in [2.24, 2.45) is 13.0 Å². The Morgan fingerprint density at radius 1 is 1.30 bits per heavy atom. The highest BCUT2D eigenvalue weighted by Crippen LogP contribution is 2.36. The summed E-state index contributed by atoms with van der Waals surface area (Å²) in [6.45, 7) is 6.24. The number of carbonyl (C=O) groups excluding carboxylic acids is 1. The Bertz CT molecular complexity index is 1060. The topological polar surface area (TPSA) is 79.3 Å². The maximum Gasteiger partial charge on any atom is 0.410 e. The van der Waals surface area contributed by atoms with E-state index in [1.165, 1.54) is 5.69 Å². The second-order valence-electron chi connectivity index (χ2n) is 8.85. The van der Waals surface area contributed by atoms with E-state index in [1.54, 1.807) is 4.68 Å². The Kier molecular flexibility index (Phi) is 4.64.